The topological polar surface area (TPSA) is 27.7 Å². The Morgan fingerprint density at radius 2 is 1.23 bits per heavy atom. The van der Waals surface area contributed by atoms with E-state index in [1.807, 2.05) is 0 Å². The second kappa shape index (κ2) is 8.48. The van der Waals surface area contributed by atoms with Crippen molar-refractivity contribution in [3.05, 3.63) is 0 Å². The Morgan fingerprint density at radius 1 is 1.00 bits per heavy atom. The lowest BCUT2D eigenvalue weighted by Crippen LogP contribution is -2.21. The third-order valence-electron chi connectivity index (χ3n) is 0.978. The standard InChI is InChI=1S/C3H5F3.C3H10O3Si/c1-2-3(4,5)6;1-4-7(5-2)6-3/h2H2,1H3;7H,1-3H3. The minimum absolute atomic E-state index is 0.729. The van der Waals surface area contributed by atoms with E-state index in [0.717, 1.165) is 6.92 Å². The van der Waals surface area contributed by atoms with Crippen molar-refractivity contribution in [3.63, 3.8) is 0 Å². The summed E-state index contributed by atoms with van der Waals surface area (Å²) in [7, 11) is 3.05. The number of halogens is 3. The van der Waals surface area contributed by atoms with Gasteiger partial charge in [-0.25, -0.2) is 0 Å². The SMILES string of the molecule is CCC(F)(F)F.CO[SiH](OC)OC. The first-order valence-electron chi connectivity index (χ1n) is 3.56. The van der Waals surface area contributed by atoms with Gasteiger partial charge in [-0.2, -0.15) is 13.2 Å². The predicted molar refractivity (Wildman–Crippen MR) is 44.5 cm³/mol. The molecule has 0 bridgehead atoms. The van der Waals surface area contributed by atoms with Gasteiger partial charge in [0, 0.05) is 27.8 Å². The third-order valence-corrected chi connectivity index (χ3v) is 2.13. The highest BCUT2D eigenvalue weighted by molar-refractivity contribution is 6.36. The first-order valence-corrected chi connectivity index (χ1v) is 4.97. The maximum Gasteiger partial charge on any atom is 0.483 e. The van der Waals surface area contributed by atoms with E-state index in [4.69, 9.17) is 13.3 Å². The Hall–Kier alpha value is -0.113. The molecule has 0 aromatic rings. The van der Waals surface area contributed by atoms with Crippen molar-refractivity contribution in [1.29, 1.82) is 0 Å². The quantitative estimate of drug-likeness (QED) is 0.676. The average Bonchev–Trinajstić information content (AvgIpc) is 2.07. The summed E-state index contributed by atoms with van der Waals surface area (Å²) in [6, 6.07) is 0. The number of hydrogen-bond acceptors (Lipinski definition) is 3. The Morgan fingerprint density at radius 3 is 1.23 bits per heavy atom. The molecule has 13 heavy (non-hydrogen) atoms. The van der Waals surface area contributed by atoms with Crippen molar-refractivity contribution in [1.82, 2.24) is 0 Å². The van der Waals surface area contributed by atoms with Crippen molar-refractivity contribution in [2.45, 2.75) is 19.5 Å². The molecule has 3 nitrogen and oxygen atoms in total. The van der Waals surface area contributed by atoms with Crippen LogP contribution in [-0.2, 0) is 13.3 Å². The van der Waals surface area contributed by atoms with Crippen molar-refractivity contribution in [2.75, 3.05) is 21.3 Å². The van der Waals surface area contributed by atoms with Crippen LogP contribution >= 0.6 is 0 Å². The molecule has 0 aliphatic heterocycles. The summed E-state index contributed by atoms with van der Waals surface area (Å²) in [5.41, 5.74) is 0. The molecular weight excluding hydrogens is 205 g/mol. The number of hydrogen-bond donors (Lipinski definition) is 0. The molecule has 0 saturated carbocycles. The van der Waals surface area contributed by atoms with E-state index in [9.17, 15) is 13.2 Å². The Labute approximate surface area is 77.8 Å². The highest BCUT2D eigenvalue weighted by Gasteiger charge is 2.22. The van der Waals surface area contributed by atoms with Crippen LogP contribution in [0.3, 0.4) is 0 Å². The summed E-state index contributed by atoms with van der Waals surface area (Å²) in [5.74, 6) is 0. The Balaban J connectivity index is 0. The molecule has 82 valence electrons. The predicted octanol–water partition coefficient (Wildman–Crippen LogP) is 1.60. The molecule has 0 unspecified atom stereocenters. The Bertz CT molecular complexity index is 100. The highest BCUT2D eigenvalue weighted by Crippen LogP contribution is 2.17. The number of alkyl halides is 3. The van der Waals surface area contributed by atoms with Gasteiger partial charge < -0.3 is 13.3 Å². The fraction of sp³-hybridized carbons (Fsp3) is 1.00. The van der Waals surface area contributed by atoms with Gasteiger partial charge in [0.15, 0.2) is 0 Å². The van der Waals surface area contributed by atoms with Crippen LogP contribution < -0.4 is 0 Å². The minimum atomic E-state index is -3.96. The van der Waals surface area contributed by atoms with Gasteiger partial charge in [-0.3, -0.25) is 0 Å². The first kappa shape index (κ1) is 15.4. The van der Waals surface area contributed by atoms with Crippen LogP contribution in [0.2, 0.25) is 0 Å². The summed E-state index contributed by atoms with van der Waals surface area (Å²) >= 11 is 0. The van der Waals surface area contributed by atoms with E-state index in [-0.39, 0.29) is 0 Å². The van der Waals surface area contributed by atoms with Gasteiger partial charge in [0.25, 0.3) is 0 Å². The smallest absolute Gasteiger partial charge is 0.379 e. The first-order chi connectivity index (χ1) is 5.91. The largest absolute Gasteiger partial charge is 0.483 e. The molecule has 0 aromatic carbocycles. The molecule has 0 spiro atoms. The molecule has 0 N–H and O–H groups in total. The summed E-state index contributed by atoms with van der Waals surface area (Å²) in [6.45, 7) is 1.08. The fourth-order valence-electron chi connectivity index (χ4n) is 0.289. The van der Waals surface area contributed by atoms with Crippen LogP contribution in [0.5, 0.6) is 0 Å². The van der Waals surface area contributed by atoms with Gasteiger partial charge in [-0.15, -0.1) is 0 Å². The molecule has 0 atom stereocenters. The lowest BCUT2D eigenvalue weighted by molar-refractivity contribution is -0.130. The van der Waals surface area contributed by atoms with E-state index in [1.165, 1.54) is 0 Å². The molecule has 0 aromatic heterocycles. The van der Waals surface area contributed by atoms with E-state index in [2.05, 4.69) is 0 Å². The third kappa shape index (κ3) is 14.7. The van der Waals surface area contributed by atoms with Gasteiger partial charge in [0.2, 0.25) is 0 Å². The van der Waals surface area contributed by atoms with Crippen LogP contribution in [0.15, 0.2) is 0 Å². The molecule has 0 aliphatic carbocycles. The van der Waals surface area contributed by atoms with Gasteiger partial charge in [-0.05, 0) is 0 Å². The lowest BCUT2D eigenvalue weighted by Gasteiger charge is -2.05. The monoisotopic (exact) mass is 220 g/mol. The van der Waals surface area contributed by atoms with Crippen molar-refractivity contribution in [2.24, 2.45) is 0 Å². The minimum Gasteiger partial charge on any atom is -0.379 e. The lowest BCUT2D eigenvalue weighted by atomic mass is 10.5. The van der Waals surface area contributed by atoms with E-state index >= 15 is 0 Å². The summed E-state index contributed by atoms with van der Waals surface area (Å²) in [4.78, 5) is 0. The van der Waals surface area contributed by atoms with Gasteiger partial charge in [0.1, 0.15) is 0 Å². The second-order valence-electron chi connectivity index (χ2n) is 1.96. The van der Waals surface area contributed by atoms with Crippen LogP contribution in [-0.4, -0.2) is 37.0 Å². The van der Waals surface area contributed by atoms with Crippen molar-refractivity contribution < 1.29 is 26.4 Å². The molecule has 7 heteroatoms. The molecule has 0 amide bonds. The highest BCUT2D eigenvalue weighted by atomic mass is 28.3. The van der Waals surface area contributed by atoms with E-state index < -0.39 is 22.1 Å². The zero-order chi connectivity index (χ0) is 10.9. The second-order valence-corrected chi connectivity index (χ2v) is 3.96. The summed E-state index contributed by atoms with van der Waals surface area (Å²) in [6.07, 6.45) is -4.69. The zero-order valence-electron chi connectivity index (χ0n) is 8.14. The normalized spacial score (nSPS) is 11.1. The Kier molecular flexibility index (Phi) is 10.0. The average molecular weight is 220 g/mol. The summed E-state index contributed by atoms with van der Waals surface area (Å²) in [5, 5.41) is 0. The zero-order valence-corrected chi connectivity index (χ0v) is 9.30. The van der Waals surface area contributed by atoms with Gasteiger partial charge in [0.05, 0.1) is 0 Å². The molecule has 0 fully saturated rings. The molecule has 0 radical (unpaired) electrons. The van der Waals surface area contributed by atoms with Crippen molar-refractivity contribution >= 4 is 9.53 Å². The fourth-order valence-corrected chi connectivity index (χ4v) is 0.866. The van der Waals surface area contributed by atoms with Crippen molar-refractivity contribution in [3.8, 4) is 0 Å². The maximum atomic E-state index is 10.8. The van der Waals surface area contributed by atoms with Crippen LogP contribution in [0.1, 0.15) is 13.3 Å². The summed E-state index contributed by atoms with van der Waals surface area (Å²) < 4.78 is 46.6. The van der Waals surface area contributed by atoms with E-state index in [1.54, 1.807) is 21.3 Å². The molecule has 0 saturated heterocycles. The molecular formula is C6H15F3O3Si. The van der Waals surface area contributed by atoms with Crippen LogP contribution in [0, 0.1) is 0 Å². The van der Waals surface area contributed by atoms with E-state index in [0.29, 0.717) is 0 Å². The molecule has 0 aliphatic rings. The molecule has 0 rings (SSSR count). The van der Waals surface area contributed by atoms with Gasteiger partial charge in [-0.1, -0.05) is 6.92 Å². The van der Waals surface area contributed by atoms with Crippen LogP contribution in [0.4, 0.5) is 13.2 Å². The van der Waals surface area contributed by atoms with Gasteiger partial charge >= 0.3 is 15.7 Å². The van der Waals surface area contributed by atoms with Crippen LogP contribution in [0.25, 0.3) is 0 Å². The molecule has 0 heterocycles. The number of rotatable bonds is 3. The maximum absolute atomic E-state index is 10.8.